The topological polar surface area (TPSA) is 20.2 Å². The molecule has 0 aromatic carbocycles. The van der Waals surface area contributed by atoms with E-state index in [1.54, 1.807) is 0 Å². The van der Waals surface area contributed by atoms with Crippen LogP contribution in [0.2, 0.25) is 6.04 Å². The zero-order chi connectivity index (χ0) is 16.3. The van der Waals surface area contributed by atoms with Crippen LogP contribution in [-0.2, 0) is 0 Å². The highest BCUT2D eigenvalue weighted by molar-refractivity contribution is 7.33. The first kappa shape index (κ1) is 22.8. The van der Waals surface area contributed by atoms with Gasteiger partial charge in [0, 0.05) is 6.61 Å². The monoisotopic (exact) mass is 368 g/mol. The molecule has 0 amide bonds. The van der Waals surface area contributed by atoms with Crippen molar-refractivity contribution in [2.45, 2.75) is 109 Å². The fourth-order valence-electron chi connectivity index (χ4n) is 2.89. The van der Waals surface area contributed by atoms with Crippen molar-refractivity contribution in [3.63, 3.8) is 0 Å². The smallest absolute Gasteiger partial charge is 0.237 e. The van der Waals surface area contributed by atoms with Crippen LogP contribution < -0.4 is 0 Å². The predicted molar refractivity (Wildman–Crippen MR) is 105 cm³/mol. The molecule has 0 spiro atoms. The Balaban J connectivity index is 2.94. The second kappa shape index (κ2) is 19.8. The van der Waals surface area contributed by atoms with Gasteiger partial charge in [-0.15, -0.1) is 0 Å². The normalized spacial score (nSPS) is 11.5. The van der Waals surface area contributed by atoms with Crippen LogP contribution in [0.15, 0.2) is 0 Å². The van der Waals surface area contributed by atoms with Gasteiger partial charge in [-0.3, -0.25) is 0 Å². The third-order valence-electron chi connectivity index (χ3n) is 4.33. The van der Waals surface area contributed by atoms with E-state index in [4.69, 9.17) is 27.3 Å². The predicted octanol–water partition coefficient (Wildman–Crippen LogP) is 6.92. The molecule has 134 valence electrons. The summed E-state index contributed by atoms with van der Waals surface area (Å²) in [6.07, 6.45) is 21.5. The molecule has 0 aliphatic rings. The zero-order valence-corrected chi connectivity index (χ0v) is 17.2. The highest BCUT2D eigenvalue weighted by Crippen LogP contribution is 2.15. The van der Waals surface area contributed by atoms with Crippen LogP contribution in [0.3, 0.4) is 0 Å². The van der Waals surface area contributed by atoms with Gasteiger partial charge in [-0.05, 0) is 12.5 Å². The zero-order valence-electron chi connectivity index (χ0n) is 14.5. The van der Waals surface area contributed by atoms with Gasteiger partial charge in [-0.2, -0.15) is 22.2 Å². The molecule has 1 nitrogen and oxygen atoms in total. The third kappa shape index (κ3) is 20.8. The Morgan fingerprint density at radius 3 is 1.00 bits per heavy atom. The van der Waals surface area contributed by atoms with E-state index < -0.39 is 7.42 Å². The van der Waals surface area contributed by atoms with Crippen LogP contribution in [0, 0.1) is 0 Å². The summed E-state index contributed by atoms with van der Waals surface area (Å²) in [5.74, 6) is 0. The van der Waals surface area contributed by atoms with Gasteiger partial charge in [0.05, 0.1) is 0 Å². The lowest BCUT2D eigenvalue weighted by Gasteiger charge is -2.03. The van der Waals surface area contributed by atoms with Gasteiger partial charge >= 0.3 is 0 Å². The molecule has 0 fully saturated rings. The van der Waals surface area contributed by atoms with E-state index in [0.29, 0.717) is 6.61 Å². The van der Waals surface area contributed by atoms with Gasteiger partial charge in [-0.1, -0.05) is 96.3 Å². The molecule has 0 saturated carbocycles. The van der Waals surface area contributed by atoms with Crippen LogP contribution in [0.5, 0.6) is 0 Å². The summed E-state index contributed by atoms with van der Waals surface area (Å²) in [6, 6.07) is 1.09. The molecule has 0 saturated heterocycles. The van der Waals surface area contributed by atoms with Crippen molar-refractivity contribution >= 4 is 29.6 Å². The summed E-state index contributed by atoms with van der Waals surface area (Å²) >= 11 is 11.7. The summed E-state index contributed by atoms with van der Waals surface area (Å²) in [6.45, 7) is 0.364. The average Bonchev–Trinajstić information content (AvgIpc) is 2.50. The van der Waals surface area contributed by atoms with E-state index in [9.17, 15) is 0 Å². The molecular weight excluding hydrogens is 331 g/mol. The van der Waals surface area contributed by atoms with Gasteiger partial charge in [-0.25, -0.2) is 0 Å². The Labute approximate surface area is 150 Å². The average molecular weight is 369 g/mol. The summed E-state index contributed by atoms with van der Waals surface area (Å²) < 4.78 is 0. The van der Waals surface area contributed by atoms with Crippen molar-refractivity contribution in [2.24, 2.45) is 0 Å². The van der Waals surface area contributed by atoms with E-state index in [1.807, 2.05) is 0 Å². The molecular formula is C18H38Cl2OSi. The number of hydrogen-bond donors (Lipinski definition) is 1. The van der Waals surface area contributed by atoms with Crippen molar-refractivity contribution in [1.29, 1.82) is 0 Å². The maximum Gasteiger partial charge on any atom is 0.237 e. The van der Waals surface area contributed by atoms with Gasteiger partial charge in [0.15, 0.2) is 0 Å². The first-order valence-corrected chi connectivity index (χ1v) is 14.0. The van der Waals surface area contributed by atoms with Crippen molar-refractivity contribution in [3.05, 3.63) is 0 Å². The SMILES string of the molecule is OCCCCCCCCCCCCCCCCCC[SiH](Cl)Cl. The highest BCUT2D eigenvalue weighted by Gasteiger charge is 2.00. The summed E-state index contributed by atoms with van der Waals surface area (Å²) in [5.41, 5.74) is 0. The number of aliphatic hydroxyl groups excluding tert-OH is 1. The van der Waals surface area contributed by atoms with E-state index in [-0.39, 0.29) is 0 Å². The molecule has 0 radical (unpaired) electrons. The van der Waals surface area contributed by atoms with Crippen LogP contribution in [0.4, 0.5) is 0 Å². The Kier molecular flexibility index (Phi) is 20.5. The number of halogens is 2. The molecule has 0 atom stereocenters. The molecule has 0 aliphatic heterocycles. The van der Waals surface area contributed by atoms with Crippen molar-refractivity contribution in [1.82, 2.24) is 0 Å². The van der Waals surface area contributed by atoms with Crippen molar-refractivity contribution in [2.75, 3.05) is 6.61 Å². The largest absolute Gasteiger partial charge is 0.396 e. The van der Waals surface area contributed by atoms with E-state index in [0.717, 1.165) is 12.5 Å². The van der Waals surface area contributed by atoms with Crippen molar-refractivity contribution < 1.29 is 5.11 Å². The van der Waals surface area contributed by atoms with Gasteiger partial charge in [0.2, 0.25) is 7.42 Å². The highest BCUT2D eigenvalue weighted by atomic mass is 35.7. The molecule has 22 heavy (non-hydrogen) atoms. The third-order valence-corrected chi connectivity index (χ3v) is 6.48. The molecule has 1 N–H and O–H groups in total. The maximum atomic E-state index is 8.69. The number of aliphatic hydroxyl groups is 1. The summed E-state index contributed by atoms with van der Waals surface area (Å²) in [4.78, 5) is 0. The summed E-state index contributed by atoms with van der Waals surface area (Å²) in [7, 11) is -1.33. The van der Waals surface area contributed by atoms with Crippen LogP contribution in [-0.4, -0.2) is 19.1 Å². The molecule has 4 heteroatoms. The minimum absolute atomic E-state index is 0.364. The van der Waals surface area contributed by atoms with E-state index >= 15 is 0 Å². The lowest BCUT2D eigenvalue weighted by molar-refractivity contribution is 0.282. The van der Waals surface area contributed by atoms with E-state index in [2.05, 4.69) is 0 Å². The fraction of sp³-hybridized carbons (Fsp3) is 1.00. The van der Waals surface area contributed by atoms with Crippen molar-refractivity contribution in [3.8, 4) is 0 Å². The van der Waals surface area contributed by atoms with Gasteiger partial charge in [0.25, 0.3) is 0 Å². The number of hydrogen-bond acceptors (Lipinski definition) is 1. The Morgan fingerprint density at radius 1 is 0.455 bits per heavy atom. The quantitative estimate of drug-likeness (QED) is 0.158. The molecule has 0 unspecified atom stereocenters. The minimum Gasteiger partial charge on any atom is -0.396 e. The van der Waals surface area contributed by atoms with Crippen LogP contribution >= 0.6 is 22.2 Å². The fourth-order valence-corrected chi connectivity index (χ4v) is 4.41. The first-order chi connectivity index (χ1) is 10.8. The molecule has 0 aromatic rings. The second-order valence-corrected chi connectivity index (χ2v) is 11.8. The number of rotatable bonds is 18. The van der Waals surface area contributed by atoms with Crippen LogP contribution in [0.1, 0.15) is 103 Å². The van der Waals surface area contributed by atoms with Gasteiger partial charge < -0.3 is 5.11 Å². The first-order valence-electron chi connectivity index (χ1n) is 9.66. The molecule has 0 aromatic heterocycles. The summed E-state index contributed by atoms with van der Waals surface area (Å²) in [5, 5.41) is 8.69. The van der Waals surface area contributed by atoms with Crippen LogP contribution in [0.25, 0.3) is 0 Å². The van der Waals surface area contributed by atoms with E-state index in [1.165, 1.54) is 96.3 Å². The maximum absolute atomic E-state index is 8.69. The Morgan fingerprint density at radius 2 is 0.727 bits per heavy atom. The Hall–Kier alpha value is 0.757. The Bertz CT molecular complexity index is 204. The minimum atomic E-state index is -1.33. The molecule has 0 bridgehead atoms. The lowest BCUT2D eigenvalue weighted by Crippen LogP contribution is -1.91. The molecule has 0 heterocycles. The second-order valence-electron chi connectivity index (χ2n) is 6.56. The standard InChI is InChI=1S/C18H38Cl2OSi/c19-22(20)18-16-14-12-10-8-6-4-2-1-3-5-7-9-11-13-15-17-21/h21-22H,1-18H2. The molecule has 0 aliphatic carbocycles. The van der Waals surface area contributed by atoms with Gasteiger partial charge in [0.1, 0.15) is 0 Å². The molecule has 0 rings (SSSR count). The lowest BCUT2D eigenvalue weighted by atomic mass is 10.0. The number of unbranched alkanes of at least 4 members (excludes halogenated alkanes) is 15.